The van der Waals surface area contributed by atoms with E-state index in [9.17, 15) is 4.39 Å². The minimum Gasteiger partial charge on any atom is -0.363 e. The average molecular weight is 287 g/mol. The first-order valence-electron chi connectivity index (χ1n) is 4.34. The van der Waals surface area contributed by atoms with E-state index in [2.05, 4.69) is 26.2 Å². The Balaban J connectivity index is 2.02. The number of hydrogen-bond acceptors (Lipinski definition) is 3. The molecule has 5 heteroatoms. The van der Waals surface area contributed by atoms with E-state index in [1.54, 1.807) is 23.6 Å². The average Bonchev–Trinajstić information content (AvgIpc) is 2.63. The van der Waals surface area contributed by atoms with E-state index in [0.717, 1.165) is 8.66 Å². The van der Waals surface area contributed by atoms with Gasteiger partial charge in [-0.25, -0.2) is 9.37 Å². The van der Waals surface area contributed by atoms with Crippen LogP contribution in [0.5, 0.6) is 0 Å². The first-order valence-corrected chi connectivity index (χ1v) is 5.95. The van der Waals surface area contributed by atoms with E-state index in [0.29, 0.717) is 12.4 Å². The molecular formula is C10H8BrFN2S. The van der Waals surface area contributed by atoms with E-state index in [-0.39, 0.29) is 5.82 Å². The number of thiophene rings is 1. The van der Waals surface area contributed by atoms with Gasteiger partial charge in [0.25, 0.3) is 0 Å². The number of nitrogens with zero attached hydrogens (tertiary/aromatic N) is 1. The third-order valence-corrected chi connectivity index (χ3v) is 3.44. The molecule has 0 spiro atoms. The molecule has 0 aliphatic carbocycles. The summed E-state index contributed by atoms with van der Waals surface area (Å²) in [5.74, 6) is -0.0323. The molecule has 0 fully saturated rings. The monoisotopic (exact) mass is 286 g/mol. The van der Waals surface area contributed by atoms with Gasteiger partial charge in [-0.2, -0.15) is 0 Å². The normalized spacial score (nSPS) is 10.3. The predicted octanol–water partition coefficient (Wildman–Crippen LogP) is 3.66. The standard InChI is InChI=1S/C10H8BrFN2S/c11-9-4-3-7(15-9)6-14-10-8(12)2-1-5-13-10/h1-5H,6H2,(H,13,14). The molecule has 15 heavy (non-hydrogen) atoms. The van der Waals surface area contributed by atoms with Gasteiger partial charge in [0.2, 0.25) is 0 Å². The Morgan fingerprint density at radius 3 is 2.93 bits per heavy atom. The van der Waals surface area contributed by atoms with E-state index >= 15 is 0 Å². The Bertz CT molecular complexity index is 458. The van der Waals surface area contributed by atoms with Crippen LogP contribution >= 0.6 is 27.3 Å². The van der Waals surface area contributed by atoms with Crippen LogP contribution in [0, 0.1) is 5.82 Å². The zero-order valence-electron chi connectivity index (χ0n) is 7.71. The van der Waals surface area contributed by atoms with Crippen molar-refractivity contribution in [2.24, 2.45) is 0 Å². The molecule has 2 heterocycles. The lowest BCUT2D eigenvalue weighted by molar-refractivity contribution is 0.624. The van der Waals surface area contributed by atoms with Gasteiger partial charge in [0.15, 0.2) is 11.6 Å². The van der Waals surface area contributed by atoms with Crippen molar-refractivity contribution in [2.75, 3.05) is 5.32 Å². The maximum absolute atomic E-state index is 13.2. The van der Waals surface area contributed by atoms with Gasteiger partial charge in [-0.05, 0) is 40.2 Å². The van der Waals surface area contributed by atoms with Crippen LogP contribution < -0.4 is 5.32 Å². The molecule has 0 saturated heterocycles. The van der Waals surface area contributed by atoms with Crippen molar-refractivity contribution in [3.05, 3.63) is 44.9 Å². The summed E-state index contributed by atoms with van der Waals surface area (Å²) in [5, 5.41) is 2.95. The zero-order chi connectivity index (χ0) is 10.7. The molecule has 0 unspecified atom stereocenters. The van der Waals surface area contributed by atoms with Crippen LogP contribution in [-0.2, 0) is 6.54 Å². The second-order valence-electron chi connectivity index (χ2n) is 2.89. The van der Waals surface area contributed by atoms with Crippen molar-refractivity contribution >= 4 is 33.1 Å². The van der Waals surface area contributed by atoms with Gasteiger partial charge >= 0.3 is 0 Å². The number of aromatic nitrogens is 1. The van der Waals surface area contributed by atoms with Gasteiger partial charge in [0.05, 0.1) is 10.3 Å². The summed E-state index contributed by atoms with van der Waals surface area (Å²) >= 11 is 4.99. The number of rotatable bonds is 3. The molecule has 0 atom stereocenters. The molecule has 2 aromatic heterocycles. The molecule has 0 bridgehead atoms. The number of pyridine rings is 1. The highest BCUT2D eigenvalue weighted by Crippen LogP contribution is 2.22. The fraction of sp³-hybridized carbons (Fsp3) is 0.100. The van der Waals surface area contributed by atoms with E-state index in [1.807, 2.05) is 12.1 Å². The zero-order valence-corrected chi connectivity index (χ0v) is 10.1. The smallest absolute Gasteiger partial charge is 0.165 e. The fourth-order valence-corrected chi connectivity index (χ4v) is 2.56. The van der Waals surface area contributed by atoms with Gasteiger partial charge in [-0.1, -0.05) is 0 Å². The lowest BCUT2D eigenvalue weighted by atomic mass is 10.4. The minimum atomic E-state index is -0.326. The van der Waals surface area contributed by atoms with E-state index in [1.165, 1.54) is 6.07 Å². The second kappa shape index (κ2) is 4.72. The first kappa shape index (κ1) is 10.6. The van der Waals surface area contributed by atoms with Crippen molar-refractivity contribution in [1.29, 1.82) is 0 Å². The van der Waals surface area contributed by atoms with Crippen LogP contribution in [0.4, 0.5) is 10.2 Å². The molecule has 0 radical (unpaired) electrons. The third-order valence-electron chi connectivity index (χ3n) is 1.82. The SMILES string of the molecule is Fc1cccnc1NCc1ccc(Br)s1. The second-order valence-corrected chi connectivity index (χ2v) is 5.44. The van der Waals surface area contributed by atoms with Gasteiger partial charge < -0.3 is 5.32 Å². The van der Waals surface area contributed by atoms with Crippen molar-refractivity contribution in [3.8, 4) is 0 Å². The molecule has 0 aliphatic rings. The molecule has 0 aromatic carbocycles. The van der Waals surface area contributed by atoms with Crippen LogP contribution in [-0.4, -0.2) is 4.98 Å². The number of halogens is 2. The Kier molecular flexibility index (Phi) is 3.33. The van der Waals surface area contributed by atoms with Crippen LogP contribution in [0.1, 0.15) is 4.88 Å². The maximum atomic E-state index is 13.2. The molecule has 0 aliphatic heterocycles. The minimum absolute atomic E-state index is 0.294. The topological polar surface area (TPSA) is 24.9 Å². The number of hydrogen-bond donors (Lipinski definition) is 1. The highest BCUT2D eigenvalue weighted by atomic mass is 79.9. The van der Waals surface area contributed by atoms with Gasteiger partial charge in [0.1, 0.15) is 0 Å². The lowest BCUT2D eigenvalue weighted by Gasteiger charge is -2.03. The van der Waals surface area contributed by atoms with Crippen LogP contribution in [0.15, 0.2) is 34.2 Å². The first-order chi connectivity index (χ1) is 7.25. The van der Waals surface area contributed by atoms with E-state index < -0.39 is 0 Å². The van der Waals surface area contributed by atoms with Crippen LogP contribution in [0.25, 0.3) is 0 Å². The highest BCUT2D eigenvalue weighted by Gasteiger charge is 2.02. The quantitative estimate of drug-likeness (QED) is 0.932. The molecular weight excluding hydrogens is 279 g/mol. The number of anilines is 1. The van der Waals surface area contributed by atoms with Gasteiger partial charge in [-0.15, -0.1) is 11.3 Å². The van der Waals surface area contributed by atoms with Gasteiger partial charge in [0, 0.05) is 11.1 Å². The molecule has 1 N–H and O–H groups in total. The lowest BCUT2D eigenvalue weighted by Crippen LogP contribution is -2.01. The molecule has 0 saturated carbocycles. The van der Waals surface area contributed by atoms with Crippen molar-refractivity contribution in [1.82, 2.24) is 4.98 Å². The summed E-state index contributed by atoms with van der Waals surface area (Å²) in [7, 11) is 0. The van der Waals surface area contributed by atoms with Crippen LogP contribution in [0.2, 0.25) is 0 Å². The van der Waals surface area contributed by atoms with Crippen molar-refractivity contribution in [3.63, 3.8) is 0 Å². The van der Waals surface area contributed by atoms with E-state index in [4.69, 9.17) is 0 Å². The Morgan fingerprint density at radius 2 is 2.27 bits per heavy atom. The summed E-state index contributed by atoms with van der Waals surface area (Å²) in [6.07, 6.45) is 1.57. The molecule has 0 amide bonds. The third kappa shape index (κ3) is 2.76. The molecule has 2 rings (SSSR count). The Labute approximate surface area is 99.3 Å². The fourth-order valence-electron chi connectivity index (χ4n) is 1.13. The summed E-state index contributed by atoms with van der Waals surface area (Å²) in [6.45, 7) is 0.587. The maximum Gasteiger partial charge on any atom is 0.165 e. The van der Waals surface area contributed by atoms with Crippen LogP contribution in [0.3, 0.4) is 0 Å². The summed E-state index contributed by atoms with van der Waals surface area (Å²) in [6, 6.07) is 6.92. The molecule has 2 aromatic rings. The molecule has 2 nitrogen and oxygen atoms in total. The predicted molar refractivity (Wildman–Crippen MR) is 63.5 cm³/mol. The molecule has 78 valence electrons. The highest BCUT2D eigenvalue weighted by molar-refractivity contribution is 9.11. The Hall–Kier alpha value is -0.940. The Morgan fingerprint density at radius 1 is 1.40 bits per heavy atom. The summed E-state index contributed by atoms with van der Waals surface area (Å²) in [5.41, 5.74) is 0. The largest absolute Gasteiger partial charge is 0.363 e. The summed E-state index contributed by atoms with van der Waals surface area (Å²) in [4.78, 5) is 5.04. The van der Waals surface area contributed by atoms with Crippen molar-refractivity contribution in [2.45, 2.75) is 6.54 Å². The summed E-state index contributed by atoms with van der Waals surface area (Å²) < 4.78 is 14.2. The van der Waals surface area contributed by atoms with Crippen molar-refractivity contribution < 1.29 is 4.39 Å². The van der Waals surface area contributed by atoms with Gasteiger partial charge in [-0.3, -0.25) is 0 Å². The number of nitrogens with one attached hydrogen (secondary N) is 1.